The van der Waals surface area contributed by atoms with Crippen molar-refractivity contribution in [3.8, 4) is 9.88 Å². The summed E-state index contributed by atoms with van der Waals surface area (Å²) in [5.74, 6) is 0. The summed E-state index contributed by atoms with van der Waals surface area (Å²) in [6.07, 6.45) is 0. The first-order chi connectivity index (χ1) is 9.61. The zero-order chi connectivity index (χ0) is 13.9. The first-order valence-electron chi connectivity index (χ1n) is 6.28. The third-order valence-corrected chi connectivity index (χ3v) is 6.88. The van der Waals surface area contributed by atoms with Gasteiger partial charge in [-0.2, -0.15) is 0 Å². The van der Waals surface area contributed by atoms with Gasteiger partial charge in [0.1, 0.15) is 10.5 Å². The molecule has 3 aromatic heterocycles. The lowest BCUT2D eigenvalue weighted by Crippen LogP contribution is -1.86. The Bertz CT molecular complexity index is 872. The van der Waals surface area contributed by atoms with Crippen LogP contribution < -0.4 is 5.73 Å². The van der Waals surface area contributed by atoms with Crippen LogP contribution in [0.15, 0.2) is 24.3 Å². The zero-order valence-corrected chi connectivity index (χ0v) is 13.5. The summed E-state index contributed by atoms with van der Waals surface area (Å²) in [6, 6.07) is 8.51. The summed E-state index contributed by atoms with van der Waals surface area (Å²) in [5, 5.41) is 1.08. The van der Waals surface area contributed by atoms with E-state index in [4.69, 9.17) is 10.7 Å². The van der Waals surface area contributed by atoms with Crippen molar-refractivity contribution >= 4 is 59.3 Å². The molecule has 0 fully saturated rings. The number of hydrogen-bond donors (Lipinski definition) is 1. The van der Waals surface area contributed by atoms with Crippen LogP contribution in [0.4, 0.5) is 5.69 Å². The van der Waals surface area contributed by atoms with Crippen LogP contribution in [0.3, 0.4) is 0 Å². The lowest BCUT2D eigenvalue weighted by molar-refractivity contribution is 1.48. The molecule has 1 aromatic carbocycles. The van der Waals surface area contributed by atoms with E-state index < -0.39 is 0 Å². The van der Waals surface area contributed by atoms with E-state index in [0.717, 1.165) is 16.2 Å². The van der Waals surface area contributed by atoms with Gasteiger partial charge in [0.2, 0.25) is 0 Å². The minimum Gasteiger partial charge on any atom is -0.397 e. The van der Waals surface area contributed by atoms with Crippen LogP contribution in [0.5, 0.6) is 0 Å². The van der Waals surface area contributed by atoms with Crippen LogP contribution in [-0.4, -0.2) is 4.98 Å². The second kappa shape index (κ2) is 4.28. The van der Waals surface area contributed by atoms with E-state index in [1.807, 2.05) is 28.7 Å². The Morgan fingerprint density at radius 3 is 2.55 bits per heavy atom. The molecular weight excluding hydrogens is 304 g/mol. The lowest BCUT2D eigenvalue weighted by atomic mass is 10.2. The molecule has 0 bridgehead atoms. The number of fused-ring (bicyclic) bond motifs is 2. The maximum atomic E-state index is 6.04. The third-order valence-electron chi connectivity index (χ3n) is 3.31. The standard InChI is InChI=1S/C15H12N2S3/c1-7-3-4-9(16)13-14(7)20-15(17-13)12-6-11-10(19-12)5-8(2)18-11/h3-6H,16H2,1-2H3. The number of anilines is 1. The number of thiazole rings is 1. The van der Waals surface area contributed by atoms with Crippen molar-refractivity contribution in [3.63, 3.8) is 0 Å². The van der Waals surface area contributed by atoms with Crippen molar-refractivity contribution in [2.24, 2.45) is 0 Å². The minimum atomic E-state index is 0.766. The molecular formula is C15H12N2S3. The van der Waals surface area contributed by atoms with Gasteiger partial charge in [-0.3, -0.25) is 0 Å². The molecule has 5 heteroatoms. The number of aryl methyl sites for hydroxylation is 2. The number of rotatable bonds is 1. The molecule has 0 aliphatic heterocycles. The highest BCUT2D eigenvalue weighted by atomic mass is 32.1. The van der Waals surface area contributed by atoms with Crippen molar-refractivity contribution in [3.05, 3.63) is 34.7 Å². The maximum absolute atomic E-state index is 6.04. The van der Waals surface area contributed by atoms with E-state index in [1.165, 1.54) is 29.4 Å². The third kappa shape index (κ3) is 1.78. The van der Waals surface area contributed by atoms with Gasteiger partial charge in [0, 0.05) is 14.3 Å². The average molecular weight is 316 g/mol. The highest BCUT2D eigenvalue weighted by molar-refractivity contribution is 7.32. The van der Waals surface area contributed by atoms with Crippen LogP contribution in [-0.2, 0) is 0 Å². The first-order valence-corrected chi connectivity index (χ1v) is 8.73. The summed E-state index contributed by atoms with van der Waals surface area (Å²) in [6.45, 7) is 4.26. The smallest absolute Gasteiger partial charge is 0.134 e. The molecule has 0 amide bonds. The van der Waals surface area contributed by atoms with Crippen LogP contribution >= 0.6 is 34.0 Å². The Labute approximate surface area is 128 Å². The Morgan fingerprint density at radius 1 is 1.00 bits per heavy atom. The normalized spacial score (nSPS) is 11.7. The number of benzene rings is 1. The number of thiophene rings is 2. The van der Waals surface area contributed by atoms with Gasteiger partial charge in [-0.25, -0.2) is 4.98 Å². The van der Waals surface area contributed by atoms with Crippen LogP contribution in [0.2, 0.25) is 0 Å². The molecule has 20 heavy (non-hydrogen) atoms. The molecule has 100 valence electrons. The second-order valence-electron chi connectivity index (χ2n) is 4.86. The number of aromatic nitrogens is 1. The molecule has 0 atom stereocenters. The van der Waals surface area contributed by atoms with E-state index in [1.54, 1.807) is 11.3 Å². The molecule has 0 unspecified atom stereocenters. The number of nitrogens with zero attached hydrogens (tertiary/aromatic N) is 1. The second-order valence-corrected chi connectivity index (χ2v) is 8.24. The fourth-order valence-electron chi connectivity index (χ4n) is 2.32. The lowest BCUT2D eigenvalue weighted by Gasteiger charge is -1.96. The molecule has 0 spiro atoms. The molecule has 2 N–H and O–H groups in total. The Kier molecular flexibility index (Phi) is 2.64. The summed E-state index contributed by atoms with van der Waals surface area (Å²) >= 11 is 5.40. The fraction of sp³-hybridized carbons (Fsp3) is 0.133. The molecule has 4 aromatic rings. The summed E-state index contributed by atoms with van der Waals surface area (Å²) in [7, 11) is 0. The van der Waals surface area contributed by atoms with Gasteiger partial charge >= 0.3 is 0 Å². The molecule has 3 heterocycles. The van der Waals surface area contributed by atoms with Gasteiger partial charge in [-0.1, -0.05) is 6.07 Å². The Morgan fingerprint density at radius 2 is 1.80 bits per heavy atom. The largest absolute Gasteiger partial charge is 0.397 e. The quantitative estimate of drug-likeness (QED) is 0.475. The Hall–Kier alpha value is -1.43. The Balaban J connectivity index is 1.94. The van der Waals surface area contributed by atoms with Gasteiger partial charge in [0.25, 0.3) is 0 Å². The van der Waals surface area contributed by atoms with Crippen molar-refractivity contribution in [2.75, 3.05) is 5.73 Å². The number of hydrogen-bond acceptors (Lipinski definition) is 5. The monoisotopic (exact) mass is 316 g/mol. The van der Waals surface area contributed by atoms with Gasteiger partial charge in [0.05, 0.1) is 15.3 Å². The van der Waals surface area contributed by atoms with Gasteiger partial charge in [-0.05, 0) is 37.6 Å². The van der Waals surface area contributed by atoms with E-state index >= 15 is 0 Å². The molecule has 0 saturated carbocycles. The van der Waals surface area contributed by atoms with Crippen molar-refractivity contribution in [1.82, 2.24) is 4.98 Å². The van der Waals surface area contributed by atoms with E-state index in [0.29, 0.717) is 0 Å². The molecule has 4 rings (SSSR count). The highest BCUT2D eigenvalue weighted by Crippen LogP contribution is 2.41. The van der Waals surface area contributed by atoms with Crippen LogP contribution in [0.1, 0.15) is 10.4 Å². The van der Waals surface area contributed by atoms with Crippen LogP contribution in [0.25, 0.3) is 29.5 Å². The first kappa shape index (κ1) is 12.3. The van der Waals surface area contributed by atoms with Gasteiger partial charge in [0.15, 0.2) is 0 Å². The van der Waals surface area contributed by atoms with E-state index in [9.17, 15) is 0 Å². The number of nitrogen functional groups attached to an aromatic ring is 1. The summed E-state index contributed by atoms with van der Waals surface area (Å²) < 4.78 is 3.91. The summed E-state index contributed by atoms with van der Waals surface area (Å²) in [5.41, 5.74) is 8.99. The maximum Gasteiger partial charge on any atom is 0.134 e. The highest BCUT2D eigenvalue weighted by Gasteiger charge is 2.13. The summed E-state index contributed by atoms with van der Waals surface area (Å²) in [4.78, 5) is 7.35. The predicted octanol–water partition coefficient (Wildman–Crippen LogP) is 5.44. The van der Waals surface area contributed by atoms with E-state index in [2.05, 4.69) is 32.0 Å². The number of nitrogens with two attached hydrogens (primary N) is 1. The van der Waals surface area contributed by atoms with Crippen molar-refractivity contribution in [2.45, 2.75) is 13.8 Å². The zero-order valence-electron chi connectivity index (χ0n) is 11.1. The minimum absolute atomic E-state index is 0.766. The fourth-order valence-corrected chi connectivity index (χ4v) is 5.75. The average Bonchev–Trinajstić information content (AvgIpc) is 3.05. The molecule has 0 aliphatic carbocycles. The molecule has 0 aliphatic rings. The topological polar surface area (TPSA) is 38.9 Å². The predicted molar refractivity (Wildman–Crippen MR) is 92.2 cm³/mol. The molecule has 0 radical (unpaired) electrons. The van der Waals surface area contributed by atoms with Gasteiger partial charge < -0.3 is 5.73 Å². The molecule has 2 nitrogen and oxygen atoms in total. The SMILES string of the molecule is Cc1cc2sc(-c3nc4c(N)ccc(C)c4s3)cc2s1. The van der Waals surface area contributed by atoms with Gasteiger partial charge in [-0.15, -0.1) is 34.0 Å². The van der Waals surface area contributed by atoms with Crippen molar-refractivity contribution in [1.29, 1.82) is 0 Å². The van der Waals surface area contributed by atoms with E-state index in [-0.39, 0.29) is 0 Å². The molecule has 0 saturated heterocycles. The van der Waals surface area contributed by atoms with Crippen molar-refractivity contribution < 1.29 is 0 Å². The van der Waals surface area contributed by atoms with Crippen LogP contribution in [0, 0.1) is 13.8 Å².